The molecule has 0 spiro atoms. The minimum Gasteiger partial charge on any atom is -0.381 e. The molecule has 1 N–H and O–H groups in total. The van der Waals surface area contributed by atoms with Gasteiger partial charge in [0.1, 0.15) is 6.10 Å². The number of aliphatic hydroxyl groups excluding tert-OH is 1. The summed E-state index contributed by atoms with van der Waals surface area (Å²) in [4.78, 5) is 5.00. The Balaban J connectivity index is 2.34. The zero-order valence-electron chi connectivity index (χ0n) is 7.22. The van der Waals surface area contributed by atoms with Crippen LogP contribution in [0, 0.1) is 0 Å². The predicted molar refractivity (Wildman–Crippen MR) is 60.3 cm³/mol. The molecule has 0 bridgehead atoms. The third-order valence-corrected chi connectivity index (χ3v) is 3.78. The van der Waals surface area contributed by atoms with E-state index in [1.54, 1.807) is 6.20 Å². The molecule has 1 atom stereocenters. The molecule has 0 radical (unpaired) electrons. The molecule has 2 heterocycles. The van der Waals surface area contributed by atoms with Crippen LogP contribution in [0.2, 0.25) is 0 Å². The van der Waals surface area contributed by atoms with Gasteiger partial charge in [0.05, 0.1) is 10.6 Å². The number of halogens is 1. The summed E-state index contributed by atoms with van der Waals surface area (Å²) in [6.07, 6.45) is 1.05. The molecule has 2 aromatic heterocycles. The van der Waals surface area contributed by atoms with Crippen LogP contribution in [0.3, 0.4) is 0 Å². The molecule has 72 valence electrons. The first kappa shape index (κ1) is 9.83. The number of rotatable bonds is 2. The molecule has 0 aliphatic heterocycles. The van der Waals surface area contributed by atoms with Gasteiger partial charge < -0.3 is 5.11 Å². The first-order valence-corrected chi connectivity index (χ1v) is 5.78. The Morgan fingerprint density at radius 1 is 1.36 bits per heavy atom. The first-order valence-electron chi connectivity index (χ1n) is 4.11. The Morgan fingerprint density at radius 2 is 2.21 bits per heavy atom. The third kappa shape index (κ3) is 1.87. The van der Waals surface area contributed by atoms with Gasteiger partial charge in [0.15, 0.2) is 0 Å². The minimum absolute atomic E-state index is 0.634. The molecule has 0 saturated carbocycles. The Bertz CT molecular complexity index is 415. The minimum atomic E-state index is -0.634. The standard InChI is InChI=1S/C10H8BrNOS/c11-7-4-6-14-10(7)9(13)8-3-1-2-5-12-8/h1-6,9,13H. The van der Waals surface area contributed by atoms with E-state index in [-0.39, 0.29) is 0 Å². The van der Waals surface area contributed by atoms with E-state index in [2.05, 4.69) is 20.9 Å². The molecule has 1 unspecified atom stereocenters. The molecule has 2 aromatic rings. The van der Waals surface area contributed by atoms with E-state index in [1.807, 2.05) is 29.6 Å². The topological polar surface area (TPSA) is 33.1 Å². The molecule has 0 amide bonds. The fourth-order valence-electron chi connectivity index (χ4n) is 1.17. The average molecular weight is 270 g/mol. The van der Waals surface area contributed by atoms with E-state index in [0.717, 1.165) is 9.35 Å². The smallest absolute Gasteiger partial charge is 0.131 e. The Hall–Kier alpha value is -0.710. The van der Waals surface area contributed by atoms with Crippen molar-refractivity contribution < 1.29 is 5.11 Å². The summed E-state index contributed by atoms with van der Waals surface area (Å²) in [6.45, 7) is 0. The summed E-state index contributed by atoms with van der Waals surface area (Å²) < 4.78 is 0.931. The second kappa shape index (κ2) is 4.21. The van der Waals surface area contributed by atoms with Crippen LogP contribution in [0.25, 0.3) is 0 Å². The quantitative estimate of drug-likeness (QED) is 0.910. The second-order valence-corrected chi connectivity index (χ2v) is 4.59. The molecular formula is C10H8BrNOS. The van der Waals surface area contributed by atoms with Crippen molar-refractivity contribution in [2.75, 3.05) is 0 Å². The van der Waals surface area contributed by atoms with Crippen LogP contribution in [-0.2, 0) is 0 Å². The van der Waals surface area contributed by atoms with E-state index in [1.165, 1.54) is 11.3 Å². The maximum absolute atomic E-state index is 9.98. The van der Waals surface area contributed by atoms with Crippen LogP contribution in [-0.4, -0.2) is 10.1 Å². The highest BCUT2D eigenvalue weighted by Crippen LogP contribution is 2.31. The molecule has 0 aliphatic carbocycles. The lowest BCUT2D eigenvalue weighted by molar-refractivity contribution is 0.218. The lowest BCUT2D eigenvalue weighted by Crippen LogP contribution is -1.99. The van der Waals surface area contributed by atoms with Crippen molar-refractivity contribution in [3.05, 3.63) is 50.9 Å². The number of aliphatic hydroxyl groups is 1. The van der Waals surface area contributed by atoms with Crippen molar-refractivity contribution in [3.8, 4) is 0 Å². The lowest BCUT2D eigenvalue weighted by atomic mass is 10.2. The Morgan fingerprint density at radius 3 is 2.79 bits per heavy atom. The molecule has 2 rings (SSSR count). The van der Waals surface area contributed by atoms with Crippen LogP contribution in [0.15, 0.2) is 40.3 Å². The van der Waals surface area contributed by atoms with E-state index in [4.69, 9.17) is 0 Å². The zero-order chi connectivity index (χ0) is 9.97. The number of hydrogen-bond donors (Lipinski definition) is 1. The molecule has 0 saturated heterocycles. The van der Waals surface area contributed by atoms with Gasteiger partial charge in [-0.25, -0.2) is 0 Å². The highest BCUT2D eigenvalue weighted by molar-refractivity contribution is 9.10. The van der Waals surface area contributed by atoms with Crippen LogP contribution >= 0.6 is 27.3 Å². The summed E-state index contributed by atoms with van der Waals surface area (Å²) >= 11 is 4.90. The van der Waals surface area contributed by atoms with Crippen molar-refractivity contribution in [1.29, 1.82) is 0 Å². The molecule has 2 nitrogen and oxygen atoms in total. The summed E-state index contributed by atoms with van der Waals surface area (Å²) in [5.41, 5.74) is 0.677. The Kier molecular flexibility index (Phi) is 2.96. The van der Waals surface area contributed by atoms with Crippen molar-refractivity contribution in [1.82, 2.24) is 4.98 Å². The highest BCUT2D eigenvalue weighted by atomic mass is 79.9. The largest absolute Gasteiger partial charge is 0.381 e. The van der Waals surface area contributed by atoms with Crippen molar-refractivity contribution >= 4 is 27.3 Å². The van der Waals surface area contributed by atoms with Crippen LogP contribution in [0.4, 0.5) is 0 Å². The van der Waals surface area contributed by atoms with Crippen LogP contribution < -0.4 is 0 Å². The zero-order valence-corrected chi connectivity index (χ0v) is 9.62. The van der Waals surface area contributed by atoms with Gasteiger partial charge in [-0.05, 0) is 39.5 Å². The van der Waals surface area contributed by atoms with Crippen LogP contribution in [0.1, 0.15) is 16.7 Å². The molecule has 0 aromatic carbocycles. The normalized spacial score (nSPS) is 12.7. The monoisotopic (exact) mass is 269 g/mol. The van der Waals surface area contributed by atoms with Gasteiger partial charge in [-0.3, -0.25) is 4.98 Å². The van der Waals surface area contributed by atoms with Crippen LogP contribution in [0.5, 0.6) is 0 Å². The molecule has 0 fully saturated rings. The van der Waals surface area contributed by atoms with Gasteiger partial charge in [0.2, 0.25) is 0 Å². The summed E-state index contributed by atoms with van der Waals surface area (Å²) in [5, 5.41) is 11.9. The number of thiophene rings is 1. The fourth-order valence-corrected chi connectivity index (χ4v) is 2.76. The fraction of sp³-hybridized carbons (Fsp3) is 0.100. The predicted octanol–water partition coefficient (Wildman–Crippen LogP) is 2.99. The number of pyridine rings is 1. The van der Waals surface area contributed by atoms with Crippen molar-refractivity contribution in [2.45, 2.75) is 6.10 Å². The molecule has 14 heavy (non-hydrogen) atoms. The summed E-state index contributed by atoms with van der Waals surface area (Å²) in [5.74, 6) is 0. The lowest BCUT2D eigenvalue weighted by Gasteiger charge is -2.07. The highest BCUT2D eigenvalue weighted by Gasteiger charge is 2.15. The summed E-state index contributed by atoms with van der Waals surface area (Å²) in [7, 11) is 0. The Labute approximate surface area is 94.4 Å². The molecule has 0 aliphatic rings. The average Bonchev–Trinajstić information content (AvgIpc) is 2.65. The van der Waals surface area contributed by atoms with Gasteiger partial charge in [0, 0.05) is 10.7 Å². The first-order chi connectivity index (χ1) is 6.79. The van der Waals surface area contributed by atoms with E-state index < -0.39 is 6.10 Å². The van der Waals surface area contributed by atoms with Gasteiger partial charge in [0.25, 0.3) is 0 Å². The maximum atomic E-state index is 9.98. The third-order valence-electron chi connectivity index (χ3n) is 1.86. The van der Waals surface area contributed by atoms with Gasteiger partial charge >= 0.3 is 0 Å². The number of aromatic nitrogens is 1. The van der Waals surface area contributed by atoms with Crippen molar-refractivity contribution in [3.63, 3.8) is 0 Å². The van der Waals surface area contributed by atoms with E-state index in [0.29, 0.717) is 5.69 Å². The second-order valence-electron chi connectivity index (χ2n) is 2.79. The SMILES string of the molecule is OC(c1ccccn1)c1sccc1Br. The number of hydrogen-bond acceptors (Lipinski definition) is 3. The molecule has 4 heteroatoms. The van der Waals surface area contributed by atoms with E-state index >= 15 is 0 Å². The molecular weight excluding hydrogens is 262 g/mol. The van der Waals surface area contributed by atoms with Gasteiger partial charge in [-0.15, -0.1) is 11.3 Å². The summed E-state index contributed by atoms with van der Waals surface area (Å²) in [6, 6.07) is 7.44. The maximum Gasteiger partial charge on any atom is 0.131 e. The van der Waals surface area contributed by atoms with Crippen molar-refractivity contribution in [2.24, 2.45) is 0 Å². The van der Waals surface area contributed by atoms with Gasteiger partial charge in [-0.2, -0.15) is 0 Å². The number of nitrogens with zero attached hydrogens (tertiary/aromatic N) is 1. The van der Waals surface area contributed by atoms with E-state index in [9.17, 15) is 5.11 Å². The van der Waals surface area contributed by atoms with Gasteiger partial charge in [-0.1, -0.05) is 6.07 Å².